The first-order valence-corrected chi connectivity index (χ1v) is 8.48. The Labute approximate surface area is 119 Å². The maximum Gasteiger partial charge on any atom is 0.303 e. The number of hydrogen-bond acceptors (Lipinski definition) is 4. The van der Waals surface area contributed by atoms with Gasteiger partial charge in [0, 0.05) is 20.0 Å². The minimum atomic E-state index is -3.39. The van der Waals surface area contributed by atoms with Crippen molar-refractivity contribution in [3.63, 3.8) is 0 Å². The van der Waals surface area contributed by atoms with E-state index < -0.39 is 16.0 Å². The van der Waals surface area contributed by atoms with Crippen LogP contribution in [0.5, 0.6) is 0 Å². The van der Waals surface area contributed by atoms with Gasteiger partial charge in [0.1, 0.15) is 0 Å². The van der Waals surface area contributed by atoms with E-state index >= 15 is 0 Å². The van der Waals surface area contributed by atoms with Crippen molar-refractivity contribution in [2.75, 3.05) is 12.8 Å². The number of sulfonamides is 1. The number of nitrogens with zero attached hydrogens (tertiary/aromatic N) is 1. The molecular weight excluding hydrogens is 342 g/mol. The molecule has 0 aliphatic heterocycles. The monoisotopic (exact) mass is 355 g/mol. The third-order valence-corrected chi connectivity index (χ3v) is 5.73. The van der Waals surface area contributed by atoms with E-state index in [9.17, 15) is 13.2 Å². The van der Waals surface area contributed by atoms with Gasteiger partial charge < -0.3 is 5.11 Å². The molecule has 0 unspecified atom stereocenters. The molecule has 0 saturated carbocycles. The second-order valence-corrected chi connectivity index (χ2v) is 8.31. The topological polar surface area (TPSA) is 74.7 Å². The molecule has 18 heavy (non-hydrogen) atoms. The average molecular weight is 356 g/mol. The van der Waals surface area contributed by atoms with Crippen molar-refractivity contribution < 1.29 is 18.3 Å². The summed E-state index contributed by atoms with van der Waals surface area (Å²) in [5, 5.41) is 10.4. The van der Waals surface area contributed by atoms with Crippen molar-refractivity contribution in [1.29, 1.82) is 0 Å². The van der Waals surface area contributed by atoms with Crippen molar-refractivity contribution in [1.82, 2.24) is 4.31 Å². The van der Waals surface area contributed by atoms with E-state index in [0.29, 0.717) is 6.54 Å². The van der Waals surface area contributed by atoms with Gasteiger partial charge in [-0.05, 0) is 39.4 Å². The highest BCUT2D eigenvalue weighted by atomic mass is 79.9. The van der Waals surface area contributed by atoms with Gasteiger partial charge in [-0.3, -0.25) is 4.79 Å². The molecule has 1 rings (SSSR count). The van der Waals surface area contributed by atoms with E-state index in [4.69, 9.17) is 5.11 Å². The van der Waals surface area contributed by atoms with E-state index in [1.165, 1.54) is 22.7 Å². The highest BCUT2D eigenvalue weighted by Crippen LogP contribution is 2.22. The SMILES string of the molecule is CN(Cc1csc(Br)c1)S(=O)(=O)CCCC(=O)O. The summed E-state index contributed by atoms with van der Waals surface area (Å²) in [5.41, 5.74) is 0.913. The number of halogens is 1. The summed E-state index contributed by atoms with van der Waals surface area (Å²) in [6.45, 7) is 0.303. The summed E-state index contributed by atoms with van der Waals surface area (Å²) < 4.78 is 25.9. The van der Waals surface area contributed by atoms with E-state index in [-0.39, 0.29) is 18.6 Å². The van der Waals surface area contributed by atoms with Crippen LogP contribution in [0.4, 0.5) is 0 Å². The lowest BCUT2D eigenvalue weighted by Crippen LogP contribution is -2.28. The minimum absolute atomic E-state index is 0.128. The molecule has 0 aliphatic rings. The first-order valence-electron chi connectivity index (χ1n) is 5.20. The Morgan fingerprint density at radius 3 is 2.72 bits per heavy atom. The molecule has 0 saturated heterocycles. The van der Waals surface area contributed by atoms with Gasteiger partial charge in [-0.1, -0.05) is 0 Å². The van der Waals surface area contributed by atoms with Crippen LogP contribution < -0.4 is 0 Å². The Balaban J connectivity index is 2.53. The smallest absolute Gasteiger partial charge is 0.303 e. The summed E-state index contributed by atoms with van der Waals surface area (Å²) in [7, 11) is -1.88. The van der Waals surface area contributed by atoms with E-state index in [1.54, 1.807) is 0 Å². The third-order valence-electron chi connectivity index (χ3n) is 2.29. The highest BCUT2D eigenvalue weighted by Gasteiger charge is 2.18. The van der Waals surface area contributed by atoms with Crippen LogP contribution in [0.1, 0.15) is 18.4 Å². The molecule has 0 spiro atoms. The van der Waals surface area contributed by atoms with E-state index in [1.807, 2.05) is 11.4 Å². The molecule has 0 radical (unpaired) electrons. The molecule has 0 fully saturated rings. The first-order chi connectivity index (χ1) is 8.31. The molecular formula is C10H14BrNO4S2. The molecule has 0 amide bonds. The van der Waals surface area contributed by atoms with Gasteiger partial charge in [-0.2, -0.15) is 0 Å². The predicted octanol–water partition coefficient (Wildman–Crippen LogP) is 2.14. The second-order valence-electron chi connectivity index (χ2n) is 3.83. The Hall–Kier alpha value is -0.440. The maximum atomic E-state index is 11.8. The maximum absolute atomic E-state index is 11.8. The molecule has 1 aromatic rings. The molecule has 1 N–H and O–H groups in total. The lowest BCUT2D eigenvalue weighted by molar-refractivity contribution is -0.137. The zero-order valence-electron chi connectivity index (χ0n) is 9.80. The Bertz CT molecular complexity index is 512. The molecule has 0 atom stereocenters. The van der Waals surface area contributed by atoms with Crippen LogP contribution in [0.2, 0.25) is 0 Å². The summed E-state index contributed by atoms with van der Waals surface area (Å²) in [6.07, 6.45) is 0.00636. The van der Waals surface area contributed by atoms with Crippen LogP contribution >= 0.6 is 27.3 Å². The van der Waals surface area contributed by atoms with Crippen molar-refractivity contribution in [3.8, 4) is 0 Å². The van der Waals surface area contributed by atoms with Gasteiger partial charge in [0.15, 0.2) is 0 Å². The number of carboxylic acids is 1. The van der Waals surface area contributed by atoms with E-state index in [2.05, 4.69) is 15.9 Å². The van der Waals surface area contributed by atoms with Crippen LogP contribution in [-0.4, -0.2) is 36.6 Å². The molecule has 0 aliphatic carbocycles. The Morgan fingerprint density at radius 2 is 2.22 bits per heavy atom. The number of thiophene rings is 1. The third kappa shape index (κ3) is 5.05. The van der Waals surface area contributed by atoms with Gasteiger partial charge in [0.2, 0.25) is 10.0 Å². The summed E-state index contributed by atoms with van der Waals surface area (Å²) in [6, 6.07) is 1.87. The standard InChI is InChI=1S/C10H14BrNO4S2/c1-12(6-8-5-9(11)17-7-8)18(15,16)4-2-3-10(13)14/h5,7H,2-4,6H2,1H3,(H,13,14). The lowest BCUT2D eigenvalue weighted by Gasteiger charge is -2.16. The summed E-state index contributed by atoms with van der Waals surface area (Å²) in [4.78, 5) is 10.3. The van der Waals surface area contributed by atoms with E-state index in [0.717, 1.165) is 9.35 Å². The van der Waals surface area contributed by atoms with Gasteiger partial charge in [0.25, 0.3) is 0 Å². The number of aliphatic carboxylic acids is 1. The number of carbonyl (C=O) groups is 1. The fourth-order valence-corrected chi connectivity index (χ4v) is 3.71. The molecule has 0 bridgehead atoms. The molecule has 1 heterocycles. The summed E-state index contributed by atoms with van der Waals surface area (Å²) in [5.74, 6) is -1.11. The second kappa shape index (κ2) is 6.65. The summed E-state index contributed by atoms with van der Waals surface area (Å²) >= 11 is 4.81. The van der Waals surface area contributed by atoms with Crippen LogP contribution in [0, 0.1) is 0 Å². The molecule has 5 nitrogen and oxygen atoms in total. The Morgan fingerprint density at radius 1 is 1.56 bits per heavy atom. The number of rotatable bonds is 7. The van der Waals surface area contributed by atoms with Gasteiger partial charge >= 0.3 is 5.97 Å². The average Bonchev–Trinajstić information content (AvgIpc) is 2.63. The first kappa shape index (κ1) is 15.6. The number of hydrogen-bond donors (Lipinski definition) is 1. The Kier molecular flexibility index (Phi) is 5.77. The van der Waals surface area contributed by atoms with Crippen LogP contribution in [-0.2, 0) is 21.4 Å². The largest absolute Gasteiger partial charge is 0.481 e. The molecule has 102 valence electrons. The number of carboxylic acid groups (broad SMARTS) is 1. The van der Waals surface area contributed by atoms with Gasteiger partial charge in [-0.25, -0.2) is 12.7 Å². The molecule has 0 aromatic carbocycles. The van der Waals surface area contributed by atoms with Crippen LogP contribution in [0.25, 0.3) is 0 Å². The van der Waals surface area contributed by atoms with Crippen molar-refractivity contribution >= 4 is 43.3 Å². The highest BCUT2D eigenvalue weighted by molar-refractivity contribution is 9.11. The quantitative estimate of drug-likeness (QED) is 0.812. The predicted molar refractivity (Wildman–Crippen MR) is 74.1 cm³/mol. The minimum Gasteiger partial charge on any atom is -0.481 e. The van der Waals surface area contributed by atoms with Gasteiger partial charge in [0.05, 0.1) is 9.54 Å². The zero-order chi connectivity index (χ0) is 13.8. The zero-order valence-corrected chi connectivity index (χ0v) is 13.0. The normalized spacial score (nSPS) is 11.9. The molecule has 8 heteroatoms. The van der Waals surface area contributed by atoms with Crippen LogP contribution in [0.3, 0.4) is 0 Å². The fourth-order valence-electron chi connectivity index (χ4n) is 1.35. The fraction of sp³-hybridized carbons (Fsp3) is 0.500. The van der Waals surface area contributed by atoms with Crippen LogP contribution in [0.15, 0.2) is 15.2 Å². The van der Waals surface area contributed by atoms with Crippen molar-refractivity contribution in [2.24, 2.45) is 0 Å². The lowest BCUT2D eigenvalue weighted by atomic mass is 10.3. The van der Waals surface area contributed by atoms with Gasteiger partial charge in [-0.15, -0.1) is 11.3 Å². The van der Waals surface area contributed by atoms with Crippen molar-refractivity contribution in [2.45, 2.75) is 19.4 Å². The van der Waals surface area contributed by atoms with Crippen molar-refractivity contribution in [3.05, 3.63) is 20.8 Å². The molecule has 1 aromatic heterocycles.